The molecular formula is C28H32N6O2. The van der Waals surface area contributed by atoms with Gasteiger partial charge in [0.1, 0.15) is 0 Å². The molecule has 2 aromatic heterocycles. The SMILES string of the molecule is Cc1cc(C)c(CN(N)C(=O)c2cc(-c3ccc4c(c3)NCN4)cc3c2c(C)cn3C(C)C)c(=O)[nH]1. The van der Waals surface area contributed by atoms with Gasteiger partial charge in [-0.1, -0.05) is 6.07 Å². The largest absolute Gasteiger partial charge is 0.366 e. The molecule has 4 aromatic rings. The summed E-state index contributed by atoms with van der Waals surface area (Å²) in [5, 5.41) is 8.65. The van der Waals surface area contributed by atoms with Gasteiger partial charge in [0, 0.05) is 34.4 Å². The van der Waals surface area contributed by atoms with Crippen molar-refractivity contribution in [2.24, 2.45) is 5.84 Å². The molecule has 2 aromatic carbocycles. The Kier molecular flexibility index (Phi) is 5.84. The normalized spacial score (nSPS) is 12.5. The van der Waals surface area contributed by atoms with Gasteiger partial charge in [0.05, 0.1) is 30.2 Å². The standard InChI is InChI=1S/C28H32N6O2/c1-15(2)33-12-17(4)26-21(28(36)34(29)13-22-16(3)8-18(5)32-27(22)35)9-20(11-25(26)33)19-6-7-23-24(10-19)31-14-30-23/h6-12,15,30-31H,13-14,29H2,1-5H3,(H,32,35). The maximum Gasteiger partial charge on any atom is 0.268 e. The fraction of sp³-hybridized carbons (Fsp3) is 0.286. The first-order valence-corrected chi connectivity index (χ1v) is 12.2. The molecular weight excluding hydrogens is 452 g/mol. The second-order valence-corrected chi connectivity index (χ2v) is 9.90. The van der Waals surface area contributed by atoms with Crippen LogP contribution < -0.4 is 22.0 Å². The summed E-state index contributed by atoms with van der Waals surface area (Å²) >= 11 is 0. The third kappa shape index (κ3) is 4.03. The zero-order valence-electron chi connectivity index (χ0n) is 21.3. The molecule has 0 aliphatic carbocycles. The first-order valence-electron chi connectivity index (χ1n) is 12.2. The van der Waals surface area contributed by atoms with E-state index in [0.29, 0.717) is 17.8 Å². The fourth-order valence-corrected chi connectivity index (χ4v) is 5.08. The molecule has 0 atom stereocenters. The summed E-state index contributed by atoms with van der Waals surface area (Å²) in [6.45, 7) is 10.7. The van der Waals surface area contributed by atoms with Gasteiger partial charge in [-0.05, 0) is 87.2 Å². The molecule has 0 saturated heterocycles. The predicted octanol–water partition coefficient (Wildman–Crippen LogP) is 4.81. The number of anilines is 2. The Morgan fingerprint density at radius 3 is 2.50 bits per heavy atom. The lowest BCUT2D eigenvalue weighted by atomic mass is 9.97. The van der Waals surface area contributed by atoms with Crippen LogP contribution in [0.15, 0.2) is 47.4 Å². The highest BCUT2D eigenvalue weighted by molar-refractivity contribution is 6.09. The van der Waals surface area contributed by atoms with Crippen molar-refractivity contribution in [2.75, 3.05) is 17.3 Å². The Morgan fingerprint density at radius 1 is 1.03 bits per heavy atom. The molecule has 3 heterocycles. The van der Waals surface area contributed by atoms with Crippen LogP contribution in [0.25, 0.3) is 22.0 Å². The summed E-state index contributed by atoms with van der Waals surface area (Å²) in [5.74, 6) is 6.01. The van der Waals surface area contributed by atoms with Crippen molar-refractivity contribution in [3.63, 3.8) is 0 Å². The summed E-state index contributed by atoms with van der Waals surface area (Å²) in [6, 6.07) is 12.3. The first-order chi connectivity index (χ1) is 17.1. The molecule has 1 aliphatic rings. The number of amides is 1. The van der Waals surface area contributed by atoms with Crippen LogP contribution in [0.3, 0.4) is 0 Å². The summed E-state index contributed by atoms with van der Waals surface area (Å²) < 4.78 is 2.19. The molecule has 5 rings (SSSR count). The van der Waals surface area contributed by atoms with Gasteiger partial charge < -0.3 is 20.2 Å². The van der Waals surface area contributed by atoms with Crippen molar-refractivity contribution in [3.8, 4) is 11.1 Å². The van der Waals surface area contributed by atoms with E-state index in [1.54, 1.807) is 0 Å². The second-order valence-electron chi connectivity index (χ2n) is 9.90. The van der Waals surface area contributed by atoms with Crippen molar-refractivity contribution in [3.05, 3.63) is 80.9 Å². The number of H-pyrrole nitrogens is 1. The number of carbonyl (C=O) groups excluding carboxylic acids is 1. The topological polar surface area (TPSA) is 108 Å². The van der Waals surface area contributed by atoms with Gasteiger partial charge in [-0.2, -0.15) is 0 Å². The zero-order valence-corrected chi connectivity index (χ0v) is 21.3. The van der Waals surface area contributed by atoms with Crippen LogP contribution in [0.4, 0.5) is 11.4 Å². The van der Waals surface area contributed by atoms with Gasteiger partial charge in [-0.25, -0.2) is 5.84 Å². The van der Waals surface area contributed by atoms with Gasteiger partial charge in [0.15, 0.2) is 0 Å². The number of hydrogen-bond donors (Lipinski definition) is 4. The van der Waals surface area contributed by atoms with Crippen LogP contribution in [0.5, 0.6) is 0 Å². The molecule has 36 heavy (non-hydrogen) atoms. The monoisotopic (exact) mass is 484 g/mol. The molecule has 8 nitrogen and oxygen atoms in total. The van der Waals surface area contributed by atoms with Crippen LogP contribution >= 0.6 is 0 Å². The Hall–Kier alpha value is -4.04. The number of fused-ring (bicyclic) bond motifs is 2. The van der Waals surface area contributed by atoms with E-state index in [9.17, 15) is 9.59 Å². The van der Waals surface area contributed by atoms with Crippen LogP contribution in [-0.2, 0) is 6.54 Å². The Morgan fingerprint density at radius 2 is 1.78 bits per heavy atom. The Balaban J connectivity index is 1.63. The molecule has 1 aliphatic heterocycles. The van der Waals surface area contributed by atoms with Crippen LogP contribution in [0.2, 0.25) is 0 Å². The minimum Gasteiger partial charge on any atom is -0.366 e. The number of rotatable bonds is 5. The smallest absolute Gasteiger partial charge is 0.268 e. The number of benzene rings is 2. The summed E-state index contributed by atoms with van der Waals surface area (Å²) in [5.41, 5.74) is 8.37. The van der Waals surface area contributed by atoms with Crippen molar-refractivity contribution < 1.29 is 4.79 Å². The highest BCUT2D eigenvalue weighted by Gasteiger charge is 2.23. The maximum absolute atomic E-state index is 13.8. The molecule has 0 fully saturated rings. The number of aryl methyl sites for hydroxylation is 3. The number of nitrogens with zero attached hydrogens (tertiary/aromatic N) is 2. The number of nitrogens with two attached hydrogens (primary N) is 1. The molecule has 8 heteroatoms. The van der Waals surface area contributed by atoms with Gasteiger partial charge in [-0.3, -0.25) is 14.6 Å². The quantitative estimate of drug-likeness (QED) is 0.185. The number of pyridine rings is 1. The highest BCUT2D eigenvalue weighted by Crippen LogP contribution is 2.36. The van der Waals surface area contributed by atoms with E-state index in [1.807, 2.05) is 39.0 Å². The third-order valence-corrected chi connectivity index (χ3v) is 6.90. The predicted molar refractivity (Wildman–Crippen MR) is 145 cm³/mol. The van der Waals surface area contributed by atoms with Gasteiger partial charge >= 0.3 is 0 Å². The Labute approximate surface area is 210 Å². The second kappa shape index (κ2) is 8.87. The number of carbonyl (C=O) groups is 1. The minimum absolute atomic E-state index is 0.0182. The van der Waals surface area contributed by atoms with E-state index >= 15 is 0 Å². The average Bonchev–Trinajstić information content (AvgIpc) is 3.44. The zero-order chi connectivity index (χ0) is 25.7. The average molecular weight is 485 g/mol. The first kappa shape index (κ1) is 23.7. The van der Waals surface area contributed by atoms with Crippen molar-refractivity contribution >= 4 is 28.2 Å². The van der Waals surface area contributed by atoms with Gasteiger partial charge in [0.2, 0.25) is 0 Å². The van der Waals surface area contributed by atoms with Gasteiger partial charge in [0.25, 0.3) is 11.5 Å². The lowest BCUT2D eigenvalue weighted by Crippen LogP contribution is -2.39. The van der Waals surface area contributed by atoms with Crippen LogP contribution in [0, 0.1) is 20.8 Å². The van der Waals surface area contributed by atoms with E-state index in [1.165, 1.54) is 0 Å². The van der Waals surface area contributed by atoms with E-state index in [0.717, 1.165) is 55.2 Å². The lowest BCUT2D eigenvalue weighted by Gasteiger charge is -2.20. The van der Waals surface area contributed by atoms with E-state index in [-0.39, 0.29) is 24.1 Å². The molecule has 1 amide bonds. The molecule has 0 spiro atoms. The minimum atomic E-state index is -0.327. The van der Waals surface area contributed by atoms with E-state index in [2.05, 4.69) is 58.4 Å². The summed E-state index contributed by atoms with van der Waals surface area (Å²) in [6.07, 6.45) is 2.08. The van der Waals surface area contributed by atoms with Crippen LogP contribution in [-0.4, -0.2) is 27.1 Å². The summed E-state index contributed by atoms with van der Waals surface area (Å²) in [4.78, 5) is 29.2. The number of aromatic amines is 1. The Bertz CT molecular complexity index is 1560. The number of aromatic nitrogens is 2. The van der Waals surface area contributed by atoms with E-state index in [4.69, 9.17) is 5.84 Å². The van der Waals surface area contributed by atoms with Crippen molar-refractivity contribution in [1.29, 1.82) is 0 Å². The number of hydrogen-bond acceptors (Lipinski definition) is 5. The van der Waals surface area contributed by atoms with Crippen molar-refractivity contribution in [1.82, 2.24) is 14.6 Å². The van der Waals surface area contributed by atoms with Gasteiger partial charge in [-0.15, -0.1) is 0 Å². The molecule has 0 bridgehead atoms. The fourth-order valence-electron chi connectivity index (χ4n) is 5.08. The third-order valence-electron chi connectivity index (χ3n) is 6.90. The van der Waals surface area contributed by atoms with Crippen molar-refractivity contribution in [2.45, 2.75) is 47.2 Å². The number of nitrogens with one attached hydrogen (secondary N) is 3. The maximum atomic E-state index is 13.8. The van der Waals surface area contributed by atoms with E-state index < -0.39 is 0 Å². The lowest BCUT2D eigenvalue weighted by molar-refractivity contribution is 0.0744. The highest BCUT2D eigenvalue weighted by atomic mass is 16.2. The molecule has 5 N–H and O–H groups in total. The molecule has 186 valence electrons. The molecule has 0 saturated carbocycles. The molecule has 0 unspecified atom stereocenters. The van der Waals surface area contributed by atoms with Crippen LogP contribution in [0.1, 0.15) is 52.6 Å². The molecule has 0 radical (unpaired) electrons. The number of hydrazine groups is 1. The summed E-state index contributed by atoms with van der Waals surface area (Å²) in [7, 11) is 0.